The molecule has 5 nitrogen and oxygen atoms in total. The Bertz CT molecular complexity index is 588. The van der Waals surface area contributed by atoms with E-state index in [1.807, 2.05) is 6.92 Å². The fourth-order valence-corrected chi connectivity index (χ4v) is 3.55. The van der Waals surface area contributed by atoms with Crippen LogP contribution in [0, 0.1) is 0 Å². The van der Waals surface area contributed by atoms with Gasteiger partial charge in [-0.2, -0.15) is 0 Å². The van der Waals surface area contributed by atoms with Crippen molar-refractivity contribution in [1.82, 2.24) is 9.62 Å². The standard InChI is InChI=1S/C16H24N2O3S/c1-2-14-7-9-15(10-8-14)22(20,21)17-13-16(19)18-11-5-3-4-6-12-18/h7-10,17H,2-6,11-13H2,1H3. The molecule has 1 saturated heterocycles. The van der Waals surface area contributed by atoms with Gasteiger partial charge < -0.3 is 4.90 Å². The molecule has 0 bridgehead atoms. The number of rotatable bonds is 5. The molecule has 1 N–H and O–H groups in total. The van der Waals surface area contributed by atoms with Gasteiger partial charge in [0.05, 0.1) is 11.4 Å². The number of carbonyl (C=O) groups excluding carboxylic acids is 1. The minimum Gasteiger partial charge on any atom is -0.342 e. The van der Waals surface area contributed by atoms with Crippen molar-refractivity contribution < 1.29 is 13.2 Å². The smallest absolute Gasteiger partial charge is 0.241 e. The summed E-state index contributed by atoms with van der Waals surface area (Å²) in [6.45, 7) is 3.30. The summed E-state index contributed by atoms with van der Waals surface area (Å²) in [5.41, 5.74) is 1.08. The lowest BCUT2D eigenvalue weighted by Gasteiger charge is -2.20. The molecule has 22 heavy (non-hydrogen) atoms. The van der Waals surface area contributed by atoms with Gasteiger partial charge in [0.1, 0.15) is 0 Å². The van der Waals surface area contributed by atoms with Gasteiger partial charge in [0.2, 0.25) is 15.9 Å². The van der Waals surface area contributed by atoms with E-state index < -0.39 is 10.0 Å². The number of aryl methyl sites for hydroxylation is 1. The average molecular weight is 324 g/mol. The second kappa shape index (κ2) is 7.74. The van der Waals surface area contributed by atoms with Crippen LogP contribution in [-0.4, -0.2) is 38.9 Å². The molecule has 1 heterocycles. The van der Waals surface area contributed by atoms with Crippen LogP contribution in [0.5, 0.6) is 0 Å². The lowest BCUT2D eigenvalue weighted by atomic mass is 10.2. The van der Waals surface area contributed by atoms with Gasteiger partial charge in [0.15, 0.2) is 0 Å². The van der Waals surface area contributed by atoms with Crippen LogP contribution in [0.25, 0.3) is 0 Å². The molecular formula is C16H24N2O3S. The third-order valence-electron chi connectivity index (χ3n) is 4.01. The van der Waals surface area contributed by atoms with Gasteiger partial charge in [-0.3, -0.25) is 4.79 Å². The first-order chi connectivity index (χ1) is 10.5. The minimum absolute atomic E-state index is 0.143. The van der Waals surface area contributed by atoms with Crippen LogP contribution in [0.15, 0.2) is 29.2 Å². The molecule has 1 aromatic rings. The molecule has 1 aliphatic rings. The molecule has 0 radical (unpaired) electrons. The fourth-order valence-electron chi connectivity index (χ4n) is 2.58. The quantitative estimate of drug-likeness (QED) is 0.900. The van der Waals surface area contributed by atoms with Gasteiger partial charge in [0.25, 0.3) is 0 Å². The predicted molar refractivity (Wildman–Crippen MR) is 86.1 cm³/mol. The van der Waals surface area contributed by atoms with E-state index in [0.29, 0.717) is 0 Å². The first-order valence-electron chi connectivity index (χ1n) is 7.89. The van der Waals surface area contributed by atoms with Gasteiger partial charge in [-0.15, -0.1) is 0 Å². The molecule has 1 amide bonds. The Morgan fingerprint density at radius 3 is 2.23 bits per heavy atom. The second-order valence-electron chi connectivity index (χ2n) is 5.62. The van der Waals surface area contributed by atoms with Crippen molar-refractivity contribution in [2.45, 2.75) is 43.9 Å². The van der Waals surface area contributed by atoms with Gasteiger partial charge in [-0.1, -0.05) is 31.9 Å². The van der Waals surface area contributed by atoms with Crippen molar-refractivity contribution in [2.24, 2.45) is 0 Å². The highest BCUT2D eigenvalue weighted by atomic mass is 32.2. The van der Waals surface area contributed by atoms with Crippen LogP contribution < -0.4 is 4.72 Å². The Morgan fingerprint density at radius 1 is 1.09 bits per heavy atom. The van der Waals surface area contributed by atoms with Crippen molar-refractivity contribution in [3.63, 3.8) is 0 Å². The van der Waals surface area contributed by atoms with E-state index in [9.17, 15) is 13.2 Å². The zero-order valence-electron chi connectivity index (χ0n) is 13.0. The van der Waals surface area contributed by atoms with Crippen LogP contribution in [0.3, 0.4) is 0 Å². The third-order valence-corrected chi connectivity index (χ3v) is 5.43. The molecule has 2 rings (SSSR count). The number of nitrogens with one attached hydrogen (secondary N) is 1. The molecular weight excluding hydrogens is 300 g/mol. The lowest BCUT2D eigenvalue weighted by Crippen LogP contribution is -2.40. The van der Waals surface area contributed by atoms with Crippen LogP contribution in [0.2, 0.25) is 0 Å². The molecule has 0 unspecified atom stereocenters. The number of benzene rings is 1. The van der Waals surface area contributed by atoms with Crippen molar-refractivity contribution in [3.05, 3.63) is 29.8 Å². The van der Waals surface area contributed by atoms with Gasteiger partial charge in [0, 0.05) is 13.1 Å². The lowest BCUT2D eigenvalue weighted by molar-refractivity contribution is -0.129. The summed E-state index contributed by atoms with van der Waals surface area (Å²) in [5, 5.41) is 0. The normalized spacial score (nSPS) is 16.3. The van der Waals surface area contributed by atoms with Gasteiger partial charge in [-0.05, 0) is 37.0 Å². The number of sulfonamides is 1. The first-order valence-corrected chi connectivity index (χ1v) is 9.37. The number of hydrogen-bond acceptors (Lipinski definition) is 3. The summed E-state index contributed by atoms with van der Waals surface area (Å²) < 4.78 is 26.8. The Balaban J connectivity index is 1.94. The highest BCUT2D eigenvalue weighted by molar-refractivity contribution is 7.89. The van der Waals surface area contributed by atoms with Crippen LogP contribution in [-0.2, 0) is 21.2 Å². The van der Waals surface area contributed by atoms with Crippen LogP contribution >= 0.6 is 0 Å². The Labute approximate surface area is 132 Å². The Kier molecular flexibility index (Phi) is 5.97. The van der Waals surface area contributed by atoms with Crippen molar-refractivity contribution >= 4 is 15.9 Å². The van der Waals surface area contributed by atoms with E-state index in [0.717, 1.165) is 50.8 Å². The molecule has 1 aliphatic heterocycles. The highest BCUT2D eigenvalue weighted by Gasteiger charge is 2.19. The molecule has 6 heteroatoms. The molecule has 0 saturated carbocycles. The number of likely N-dealkylation sites (tertiary alicyclic amines) is 1. The predicted octanol–water partition coefficient (Wildman–Crippen LogP) is 1.93. The maximum absolute atomic E-state index is 12.2. The number of amides is 1. The topological polar surface area (TPSA) is 66.5 Å². The van der Waals surface area contributed by atoms with Gasteiger partial charge in [-0.25, -0.2) is 13.1 Å². The molecule has 0 atom stereocenters. The summed E-state index contributed by atoms with van der Waals surface area (Å²) in [6, 6.07) is 6.76. The summed E-state index contributed by atoms with van der Waals surface area (Å²) in [6.07, 6.45) is 5.13. The zero-order valence-corrected chi connectivity index (χ0v) is 13.9. The monoisotopic (exact) mass is 324 g/mol. The van der Waals surface area contributed by atoms with Crippen molar-refractivity contribution in [2.75, 3.05) is 19.6 Å². The Hall–Kier alpha value is -1.40. The van der Waals surface area contributed by atoms with Crippen LogP contribution in [0.1, 0.15) is 38.2 Å². The SMILES string of the molecule is CCc1ccc(S(=O)(=O)NCC(=O)N2CCCCCC2)cc1. The first kappa shape index (κ1) is 17.0. The van der Waals surface area contributed by atoms with Gasteiger partial charge >= 0.3 is 0 Å². The summed E-state index contributed by atoms with van der Waals surface area (Å²) in [7, 11) is -3.63. The summed E-state index contributed by atoms with van der Waals surface area (Å²) >= 11 is 0. The Morgan fingerprint density at radius 2 is 1.68 bits per heavy atom. The number of nitrogens with zero attached hydrogens (tertiary/aromatic N) is 1. The maximum atomic E-state index is 12.2. The van der Waals surface area contributed by atoms with E-state index >= 15 is 0 Å². The molecule has 1 aromatic carbocycles. The highest BCUT2D eigenvalue weighted by Crippen LogP contribution is 2.12. The minimum atomic E-state index is -3.63. The largest absolute Gasteiger partial charge is 0.342 e. The molecule has 1 fully saturated rings. The second-order valence-corrected chi connectivity index (χ2v) is 7.38. The van der Waals surface area contributed by atoms with Crippen LogP contribution in [0.4, 0.5) is 0 Å². The number of hydrogen-bond donors (Lipinski definition) is 1. The fraction of sp³-hybridized carbons (Fsp3) is 0.562. The van der Waals surface area contributed by atoms with E-state index in [1.54, 1.807) is 29.2 Å². The summed E-state index contributed by atoms with van der Waals surface area (Å²) in [4.78, 5) is 14.1. The molecule has 122 valence electrons. The molecule has 0 spiro atoms. The molecule has 0 aromatic heterocycles. The van der Waals surface area contributed by atoms with E-state index in [2.05, 4.69) is 4.72 Å². The maximum Gasteiger partial charge on any atom is 0.241 e. The van der Waals surface area contributed by atoms with Crippen molar-refractivity contribution in [1.29, 1.82) is 0 Å². The van der Waals surface area contributed by atoms with E-state index in [1.165, 1.54) is 0 Å². The average Bonchev–Trinajstić information content (AvgIpc) is 2.82. The van der Waals surface area contributed by atoms with Crippen molar-refractivity contribution in [3.8, 4) is 0 Å². The number of carbonyl (C=O) groups is 1. The van der Waals surface area contributed by atoms with E-state index in [-0.39, 0.29) is 17.3 Å². The molecule has 0 aliphatic carbocycles. The zero-order chi connectivity index (χ0) is 16.0. The van der Waals surface area contributed by atoms with E-state index in [4.69, 9.17) is 0 Å². The third kappa shape index (κ3) is 4.55. The summed E-state index contributed by atoms with van der Waals surface area (Å²) in [5.74, 6) is -0.143.